The number of benzene rings is 2. The van der Waals surface area contributed by atoms with Crippen molar-refractivity contribution >= 4 is 33.0 Å². The van der Waals surface area contributed by atoms with Crippen molar-refractivity contribution in [1.29, 1.82) is 0 Å². The first-order valence-electron chi connectivity index (χ1n) is 13.3. The maximum atomic E-state index is 13.4. The minimum Gasteiger partial charge on any atom is -0.489 e. The lowest BCUT2D eigenvalue weighted by atomic mass is 9.93. The largest absolute Gasteiger partial charge is 0.489 e. The Morgan fingerprint density at radius 1 is 1.12 bits per heavy atom. The number of nitrogens with zero attached hydrogens (tertiary/aromatic N) is 1. The third-order valence-electron chi connectivity index (χ3n) is 7.66. The smallest absolute Gasteiger partial charge is 0.392 e. The molecule has 2 aromatic carbocycles. The van der Waals surface area contributed by atoms with Gasteiger partial charge in [-0.25, -0.2) is 8.42 Å². The lowest BCUT2D eigenvalue weighted by molar-refractivity contribution is -0.139. The molecule has 0 bridgehead atoms. The van der Waals surface area contributed by atoms with Gasteiger partial charge in [-0.15, -0.1) is 0 Å². The average Bonchev–Trinajstić information content (AvgIpc) is 3.45. The molecule has 1 saturated heterocycles. The number of ether oxygens (including phenoxy) is 2. The third-order valence-corrected chi connectivity index (χ3v) is 8.92. The van der Waals surface area contributed by atoms with Crippen LogP contribution in [0.4, 0.5) is 30.2 Å². The van der Waals surface area contributed by atoms with E-state index in [1.54, 1.807) is 18.2 Å². The first-order valence-corrected chi connectivity index (χ1v) is 14.9. The number of hydrogen-bond donors (Lipinski definition) is 3. The quantitative estimate of drug-likeness (QED) is 0.382. The van der Waals surface area contributed by atoms with Crippen molar-refractivity contribution in [2.45, 2.75) is 44.7 Å². The molecular weight excluding hydrogens is 551 g/mol. The molecule has 0 radical (unpaired) electrons. The normalized spacial score (nSPS) is 17.8. The summed E-state index contributed by atoms with van der Waals surface area (Å²) in [6.07, 6.45) is -0.583. The van der Waals surface area contributed by atoms with Crippen molar-refractivity contribution in [3.8, 4) is 11.5 Å². The lowest BCUT2D eigenvalue weighted by Gasteiger charge is -2.35. The fraction of sp³-hybridized carbons (Fsp3) is 0.519. The van der Waals surface area contributed by atoms with Crippen LogP contribution in [0.2, 0.25) is 0 Å². The number of amides is 1. The van der Waals surface area contributed by atoms with Gasteiger partial charge >= 0.3 is 6.18 Å². The van der Waals surface area contributed by atoms with Crippen LogP contribution in [-0.4, -0.2) is 64.3 Å². The van der Waals surface area contributed by atoms with Gasteiger partial charge in [-0.3, -0.25) is 9.52 Å². The molecule has 3 N–H and O–H groups in total. The van der Waals surface area contributed by atoms with Gasteiger partial charge < -0.3 is 24.8 Å². The summed E-state index contributed by atoms with van der Waals surface area (Å²) in [5, 5.41) is 12.0. The lowest BCUT2D eigenvalue weighted by Crippen LogP contribution is -2.35. The van der Waals surface area contributed by atoms with Crippen molar-refractivity contribution in [1.82, 2.24) is 0 Å². The van der Waals surface area contributed by atoms with Crippen molar-refractivity contribution in [3.05, 3.63) is 41.5 Å². The SMILES string of the molecule is O=C(Nc1ccc(NS(=O)(=O)CCO)cc1N1CCC2(CC1)CC2)c1cc2c(c(OCCC(F)(F)F)c1)OCC2. The Bertz CT molecular complexity index is 1370. The van der Waals surface area contributed by atoms with Gasteiger partial charge in [0, 0.05) is 30.6 Å². The molecule has 2 fully saturated rings. The third kappa shape index (κ3) is 6.74. The molecule has 0 unspecified atom stereocenters. The first-order chi connectivity index (χ1) is 19.0. The number of fused-ring (bicyclic) bond motifs is 1. The number of hydrogen-bond acceptors (Lipinski definition) is 7. The van der Waals surface area contributed by atoms with Crippen LogP contribution in [0.5, 0.6) is 11.5 Å². The van der Waals surface area contributed by atoms with Crippen LogP contribution in [0.3, 0.4) is 0 Å². The average molecular weight is 584 g/mol. The van der Waals surface area contributed by atoms with E-state index in [2.05, 4.69) is 14.9 Å². The number of sulfonamides is 1. The zero-order valence-corrected chi connectivity index (χ0v) is 22.7. The summed E-state index contributed by atoms with van der Waals surface area (Å²) in [5.74, 6) is -0.492. The number of piperidine rings is 1. The number of rotatable bonds is 10. The number of anilines is 3. The highest BCUT2D eigenvalue weighted by Gasteiger charge is 2.44. The minimum atomic E-state index is -4.37. The van der Waals surface area contributed by atoms with Gasteiger partial charge in [0.2, 0.25) is 10.0 Å². The summed E-state index contributed by atoms with van der Waals surface area (Å²) in [4.78, 5) is 15.5. The number of nitrogens with one attached hydrogen (secondary N) is 2. The summed E-state index contributed by atoms with van der Waals surface area (Å²) in [5.41, 5.74) is 2.71. The van der Waals surface area contributed by atoms with Crippen molar-refractivity contribution in [3.63, 3.8) is 0 Å². The summed E-state index contributed by atoms with van der Waals surface area (Å²) in [6, 6.07) is 7.83. The Balaban J connectivity index is 1.39. The van der Waals surface area contributed by atoms with Crippen LogP contribution < -0.4 is 24.4 Å². The van der Waals surface area contributed by atoms with Crippen LogP contribution in [0.1, 0.15) is 48.0 Å². The topological polar surface area (TPSA) is 117 Å². The number of aliphatic hydroxyl groups excluding tert-OH is 1. The van der Waals surface area contributed by atoms with E-state index in [0.717, 1.165) is 25.9 Å². The monoisotopic (exact) mass is 583 g/mol. The summed E-state index contributed by atoms with van der Waals surface area (Å²) in [6.45, 7) is 0.730. The number of carbonyl (C=O) groups is 1. The van der Waals surface area contributed by atoms with Crippen molar-refractivity contribution in [2.24, 2.45) is 5.41 Å². The Morgan fingerprint density at radius 3 is 2.55 bits per heavy atom. The maximum absolute atomic E-state index is 13.4. The van der Waals surface area contributed by atoms with E-state index in [1.165, 1.54) is 25.0 Å². The Morgan fingerprint density at radius 2 is 1.88 bits per heavy atom. The second kappa shape index (κ2) is 11.0. The van der Waals surface area contributed by atoms with Crippen molar-refractivity contribution < 1.29 is 41.0 Å². The Kier molecular flexibility index (Phi) is 7.79. The van der Waals surface area contributed by atoms with E-state index in [-0.39, 0.29) is 11.3 Å². The van der Waals surface area contributed by atoms with Crippen LogP contribution in [0.15, 0.2) is 30.3 Å². The molecule has 2 heterocycles. The molecular formula is C27H32F3N3O6S. The molecule has 0 aromatic heterocycles. The first kappa shape index (κ1) is 28.3. The zero-order chi connectivity index (χ0) is 28.5. The van der Waals surface area contributed by atoms with E-state index >= 15 is 0 Å². The second-order valence-electron chi connectivity index (χ2n) is 10.6. The van der Waals surface area contributed by atoms with Gasteiger partial charge in [0.1, 0.15) is 0 Å². The predicted octanol–water partition coefficient (Wildman–Crippen LogP) is 4.32. The van der Waals surface area contributed by atoms with Crippen LogP contribution in [-0.2, 0) is 16.4 Å². The summed E-state index contributed by atoms with van der Waals surface area (Å²) >= 11 is 0. The van der Waals surface area contributed by atoms with E-state index in [9.17, 15) is 26.4 Å². The summed E-state index contributed by atoms with van der Waals surface area (Å²) < 4.78 is 75.8. The zero-order valence-electron chi connectivity index (χ0n) is 21.8. The van der Waals surface area contributed by atoms with E-state index in [1.807, 2.05) is 0 Å². The number of aliphatic hydroxyl groups is 1. The summed E-state index contributed by atoms with van der Waals surface area (Å²) in [7, 11) is -3.75. The van der Waals surface area contributed by atoms with Crippen molar-refractivity contribution in [2.75, 3.05) is 53.6 Å². The molecule has 218 valence electrons. The van der Waals surface area contributed by atoms with Crippen LogP contribution >= 0.6 is 0 Å². The molecule has 5 rings (SSSR count). The fourth-order valence-corrected chi connectivity index (χ4v) is 6.02. The molecule has 1 saturated carbocycles. The van der Waals surface area contributed by atoms with Gasteiger partial charge in [-0.2, -0.15) is 13.2 Å². The van der Waals surface area contributed by atoms with Gasteiger partial charge in [-0.1, -0.05) is 0 Å². The van der Waals surface area contributed by atoms with E-state index in [0.29, 0.717) is 46.8 Å². The molecule has 2 aliphatic heterocycles. The standard InChI is InChI=1S/C27H32F3N3O6S/c28-27(29,30)8-13-38-23-16-19(15-18-3-12-39-24(18)23)25(35)31-21-2-1-20(32-40(36,37)14-11-34)17-22(21)33-9-6-26(4-5-26)7-10-33/h1-2,15-17,32,34H,3-14H2,(H,31,35). The van der Waals surface area contributed by atoms with E-state index < -0.39 is 47.5 Å². The molecule has 0 atom stereocenters. The molecule has 1 spiro atoms. The minimum absolute atomic E-state index is 0.0871. The Hall–Kier alpha value is -3.19. The predicted molar refractivity (Wildman–Crippen MR) is 144 cm³/mol. The van der Waals surface area contributed by atoms with Crippen LogP contribution in [0, 0.1) is 5.41 Å². The van der Waals surface area contributed by atoms with Gasteiger partial charge in [0.05, 0.1) is 49.1 Å². The second-order valence-corrected chi connectivity index (χ2v) is 12.4. The molecule has 3 aliphatic rings. The molecule has 1 aliphatic carbocycles. The van der Waals surface area contributed by atoms with E-state index in [4.69, 9.17) is 14.6 Å². The molecule has 13 heteroatoms. The molecule has 2 aromatic rings. The van der Waals surface area contributed by atoms with Crippen LogP contribution in [0.25, 0.3) is 0 Å². The maximum Gasteiger partial charge on any atom is 0.392 e. The number of alkyl halides is 3. The van der Waals surface area contributed by atoms with Gasteiger partial charge in [-0.05, 0) is 61.4 Å². The Labute approximate surface area is 230 Å². The van der Waals surface area contributed by atoms with Gasteiger partial charge in [0.25, 0.3) is 5.91 Å². The fourth-order valence-electron chi connectivity index (χ4n) is 5.19. The molecule has 40 heavy (non-hydrogen) atoms. The highest BCUT2D eigenvalue weighted by molar-refractivity contribution is 7.92. The molecule has 9 nitrogen and oxygen atoms in total. The van der Waals surface area contributed by atoms with Gasteiger partial charge in [0.15, 0.2) is 11.5 Å². The molecule has 1 amide bonds. The number of carbonyl (C=O) groups excluding carboxylic acids is 1. The highest BCUT2D eigenvalue weighted by Crippen LogP contribution is 2.54. The number of halogens is 3. The highest BCUT2D eigenvalue weighted by atomic mass is 32.2.